The SMILES string of the molecule is CCNCc1cccnc1CN1CCC=C(C)C1. The van der Waals surface area contributed by atoms with E-state index >= 15 is 0 Å². The highest BCUT2D eigenvalue weighted by Crippen LogP contribution is 2.14. The zero-order valence-corrected chi connectivity index (χ0v) is 11.4. The van der Waals surface area contributed by atoms with E-state index in [0.29, 0.717) is 0 Å². The molecule has 1 aromatic heterocycles. The highest BCUT2D eigenvalue weighted by molar-refractivity contribution is 5.20. The molecule has 0 spiro atoms. The number of rotatable bonds is 5. The number of nitrogens with one attached hydrogen (secondary N) is 1. The lowest BCUT2D eigenvalue weighted by molar-refractivity contribution is 0.278. The minimum absolute atomic E-state index is 0.919. The van der Waals surface area contributed by atoms with Gasteiger partial charge in [0.25, 0.3) is 0 Å². The van der Waals surface area contributed by atoms with E-state index in [2.05, 4.69) is 41.2 Å². The second-order valence-electron chi connectivity index (χ2n) is 4.94. The van der Waals surface area contributed by atoms with E-state index in [9.17, 15) is 0 Å². The van der Waals surface area contributed by atoms with Gasteiger partial charge in [0.2, 0.25) is 0 Å². The zero-order chi connectivity index (χ0) is 12.8. The van der Waals surface area contributed by atoms with Crippen molar-refractivity contribution in [3.8, 4) is 0 Å². The smallest absolute Gasteiger partial charge is 0.0588 e. The number of aromatic nitrogens is 1. The van der Waals surface area contributed by atoms with Gasteiger partial charge in [-0.1, -0.05) is 24.6 Å². The molecule has 0 amide bonds. The third-order valence-electron chi connectivity index (χ3n) is 3.33. The molecule has 0 aromatic carbocycles. The van der Waals surface area contributed by atoms with Gasteiger partial charge in [0, 0.05) is 32.4 Å². The van der Waals surface area contributed by atoms with E-state index in [1.807, 2.05) is 12.3 Å². The van der Waals surface area contributed by atoms with Crippen LogP contribution in [0.3, 0.4) is 0 Å². The third-order valence-corrected chi connectivity index (χ3v) is 3.33. The molecule has 0 saturated carbocycles. The number of hydrogen-bond donors (Lipinski definition) is 1. The molecule has 2 rings (SSSR count). The van der Waals surface area contributed by atoms with Crippen LogP contribution >= 0.6 is 0 Å². The van der Waals surface area contributed by atoms with Crippen molar-refractivity contribution in [3.05, 3.63) is 41.2 Å². The van der Waals surface area contributed by atoms with Crippen molar-refractivity contribution in [2.75, 3.05) is 19.6 Å². The maximum Gasteiger partial charge on any atom is 0.0588 e. The first-order valence-corrected chi connectivity index (χ1v) is 6.81. The van der Waals surface area contributed by atoms with Gasteiger partial charge in [0.05, 0.1) is 5.69 Å². The Morgan fingerprint density at radius 1 is 1.44 bits per heavy atom. The van der Waals surface area contributed by atoms with E-state index in [1.54, 1.807) is 0 Å². The van der Waals surface area contributed by atoms with Crippen LogP contribution < -0.4 is 5.32 Å². The molecule has 3 heteroatoms. The Morgan fingerprint density at radius 3 is 3.11 bits per heavy atom. The average molecular weight is 245 g/mol. The average Bonchev–Trinajstić information content (AvgIpc) is 2.38. The van der Waals surface area contributed by atoms with E-state index in [1.165, 1.54) is 23.3 Å². The fourth-order valence-electron chi connectivity index (χ4n) is 2.37. The summed E-state index contributed by atoms with van der Waals surface area (Å²) in [6, 6.07) is 4.20. The first kappa shape index (κ1) is 13.2. The molecule has 2 heterocycles. The largest absolute Gasteiger partial charge is 0.313 e. The van der Waals surface area contributed by atoms with Crippen LogP contribution in [-0.4, -0.2) is 29.5 Å². The van der Waals surface area contributed by atoms with Gasteiger partial charge in [-0.05, 0) is 31.5 Å². The molecule has 1 aliphatic heterocycles. The molecule has 98 valence electrons. The normalized spacial score (nSPS) is 16.7. The third kappa shape index (κ3) is 3.65. The minimum Gasteiger partial charge on any atom is -0.313 e. The summed E-state index contributed by atoms with van der Waals surface area (Å²) >= 11 is 0. The quantitative estimate of drug-likeness (QED) is 0.807. The zero-order valence-electron chi connectivity index (χ0n) is 11.4. The van der Waals surface area contributed by atoms with Crippen LogP contribution in [0, 0.1) is 0 Å². The van der Waals surface area contributed by atoms with Crippen LogP contribution in [0.1, 0.15) is 31.5 Å². The van der Waals surface area contributed by atoms with E-state index in [0.717, 1.165) is 32.7 Å². The molecule has 3 nitrogen and oxygen atoms in total. The Hall–Kier alpha value is -1.19. The summed E-state index contributed by atoms with van der Waals surface area (Å²) < 4.78 is 0. The lowest BCUT2D eigenvalue weighted by Crippen LogP contribution is -2.30. The molecular weight excluding hydrogens is 222 g/mol. The molecule has 0 atom stereocenters. The second kappa shape index (κ2) is 6.66. The van der Waals surface area contributed by atoms with Gasteiger partial charge in [-0.3, -0.25) is 9.88 Å². The predicted octanol–water partition coefficient (Wildman–Crippen LogP) is 2.34. The Bertz CT molecular complexity index is 412. The Balaban J connectivity index is 2.02. The van der Waals surface area contributed by atoms with Crippen molar-refractivity contribution in [2.24, 2.45) is 0 Å². The van der Waals surface area contributed by atoms with E-state index in [-0.39, 0.29) is 0 Å². The van der Waals surface area contributed by atoms with Crippen LogP contribution in [0.4, 0.5) is 0 Å². The van der Waals surface area contributed by atoms with Gasteiger partial charge in [-0.15, -0.1) is 0 Å². The van der Waals surface area contributed by atoms with Crippen molar-refractivity contribution in [3.63, 3.8) is 0 Å². The van der Waals surface area contributed by atoms with Gasteiger partial charge >= 0.3 is 0 Å². The van der Waals surface area contributed by atoms with Gasteiger partial charge in [0.1, 0.15) is 0 Å². The van der Waals surface area contributed by atoms with Gasteiger partial charge < -0.3 is 5.32 Å². The maximum atomic E-state index is 4.55. The summed E-state index contributed by atoms with van der Waals surface area (Å²) in [7, 11) is 0. The summed E-state index contributed by atoms with van der Waals surface area (Å²) in [4.78, 5) is 7.03. The van der Waals surface area contributed by atoms with Crippen molar-refractivity contribution in [1.82, 2.24) is 15.2 Å². The molecule has 0 radical (unpaired) electrons. The van der Waals surface area contributed by atoms with Crippen molar-refractivity contribution < 1.29 is 0 Å². The summed E-state index contributed by atoms with van der Waals surface area (Å²) in [6.07, 6.45) is 5.41. The molecule has 1 aliphatic rings. The highest BCUT2D eigenvalue weighted by Gasteiger charge is 2.12. The topological polar surface area (TPSA) is 28.2 Å². The lowest BCUT2D eigenvalue weighted by Gasteiger charge is -2.26. The summed E-state index contributed by atoms with van der Waals surface area (Å²) in [6.45, 7) is 9.46. The summed E-state index contributed by atoms with van der Waals surface area (Å²) in [5.74, 6) is 0. The van der Waals surface area contributed by atoms with E-state index in [4.69, 9.17) is 0 Å². The first-order valence-electron chi connectivity index (χ1n) is 6.81. The number of hydrogen-bond acceptors (Lipinski definition) is 3. The number of nitrogens with zero attached hydrogens (tertiary/aromatic N) is 2. The monoisotopic (exact) mass is 245 g/mol. The first-order chi connectivity index (χ1) is 8.79. The molecule has 0 unspecified atom stereocenters. The Labute approximate surface area is 110 Å². The lowest BCUT2D eigenvalue weighted by atomic mass is 10.1. The van der Waals surface area contributed by atoms with Crippen LogP contribution in [0.2, 0.25) is 0 Å². The van der Waals surface area contributed by atoms with Crippen molar-refractivity contribution in [1.29, 1.82) is 0 Å². The van der Waals surface area contributed by atoms with Gasteiger partial charge in [0.15, 0.2) is 0 Å². The predicted molar refractivity (Wildman–Crippen MR) is 75.3 cm³/mol. The molecule has 0 saturated heterocycles. The molecule has 1 aromatic rings. The molecule has 0 fully saturated rings. The Morgan fingerprint density at radius 2 is 2.33 bits per heavy atom. The fraction of sp³-hybridized carbons (Fsp3) is 0.533. The fourth-order valence-corrected chi connectivity index (χ4v) is 2.37. The highest BCUT2D eigenvalue weighted by atomic mass is 15.1. The van der Waals surface area contributed by atoms with Gasteiger partial charge in [-0.2, -0.15) is 0 Å². The van der Waals surface area contributed by atoms with Crippen LogP contribution in [-0.2, 0) is 13.1 Å². The van der Waals surface area contributed by atoms with Crippen LogP contribution in [0.25, 0.3) is 0 Å². The van der Waals surface area contributed by atoms with Crippen molar-refractivity contribution in [2.45, 2.75) is 33.4 Å². The van der Waals surface area contributed by atoms with Gasteiger partial charge in [-0.25, -0.2) is 0 Å². The van der Waals surface area contributed by atoms with E-state index < -0.39 is 0 Å². The molecule has 0 aliphatic carbocycles. The Kier molecular flexibility index (Phi) is 4.90. The maximum absolute atomic E-state index is 4.55. The summed E-state index contributed by atoms with van der Waals surface area (Å²) in [5, 5.41) is 3.38. The van der Waals surface area contributed by atoms with Crippen LogP contribution in [0.5, 0.6) is 0 Å². The van der Waals surface area contributed by atoms with Crippen molar-refractivity contribution >= 4 is 0 Å². The summed E-state index contributed by atoms with van der Waals surface area (Å²) in [5.41, 5.74) is 4.02. The molecule has 18 heavy (non-hydrogen) atoms. The molecule has 1 N–H and O–H groups in total. The standard InChI is InChI=1S/C15H23N3/c1-3-16-10-14-7-4-8-17-15(14)12-18-9-5-6-13(2)11-18/h4,6-8,16H,3,5,9-12H2,1-2H3. The van der Waals surface area contributed by atoms with Crippen LogP contribution in [0.15, 0.2) is 30.0 Å². The minimum atomic E-state index is 0.919. The second-order valence-corrected chi connectivity index (χ2v) is 4.94. The molecule has 0 bridgehead atoms. The number of pyridine rings is 1. The molecular formula is C15H23N3.